The first-order valence-electron chi connectivity index (χ1n) is 17.5. The molecule has 316 valence electrons. The van der Waals surface area contributed by atoms with Crippen LogP contribution in [0.2, 0.25) is 0 Å². The van der Waals surface area contributed by atoms with Crippen molar-refractivity contribution in [1.29, 1.82) is 0 Å². The molecule has 0 unspecified atom stereocenters. The SMILES string of the molecule is CC(C)c1coc(C=O)c1.COC(=O)c1cc(C(C)(C)[N+](=O)[O-])co1.COC(=O)c1cc(C(C)C)co1.COC(=O)c1ccc([N+](=O)[O-])o1.Cc1cc(C(C)C)co1. The molecule has 0 amide bonds. The van der Waals surface area contributed by atoms with E-state index in [0.29, 0.717) is 35.4 Å². The Kier molecular flexibility index (Phi) is 19.9. The summed E-state index contributed by atoms with van der Waals surface area (Å²) in [5.41, 5.74) is 2.41. The number of rotatable bonds is 10. The molecule has 5 rings (SSSR count). The summed E-state index contributed by atoms with van der Waals surface area (Å²) in [5, 5.41) is 20.8. The van der Waals surface area contributed by atoms with Gasteiger partial charge in [-0.2, -0.15) is 0 Å². The molecule has 0 aliphatic rings. The van der Waals surface area contributed by atoms with E-state index in [4.69, 9.17) is 17.7 Å². The molecule has 0 saturated heterocycles. The summed E-state index contributed by atoms with van der Waals surface area (Å²) in [4.78, 5) is 62.5. The molecular weight excluding hydrogens is 764 g/mol. The average Bonchev–Trinajstić information content (AvgIpc) is 4.04. The molecule has 5 aromatic rings. The zero-order chi connectivity index (χ0) is 44.3. The molecule has 0 aliphatic heterocycles. The number of carbonyl (C=O) groups is 4. The normalized spacial score (nSPS) is 10.4. The minimum Gasteiger partial charge on any atom is -0.469 e. The van der Waals surface area contributed by atoms with Crippen molar-refractivity contribution in [1.82, 2.24) is 0 Å². The standard InChI is InChI=1S/C9H11NO5.C9H12O3.C8H10O2.C8H12O.C6H5NO5/c1-9(2,10(12)13)6-4-7(15-5-6)8(11)14-3;1-6(2)7-4-8(12-5-7)9(10)11-3;1-6(2)7-3-8(4-9)10-5-7;1-6(2)8-4-7(3)9-5-8;1-11-6(8)4-2-3-5(12-4)7(9)10/h4-5H,1-3H3;4-6H,1-3H3;3-6H,1-2H3;4-6H,1-3H3;2-3H,1H3. The van der Waals surface area contributed by atoms with Gasteiger partial charge in [0, 0.05) is 24.8 Å². The van der Waals surface area contributed by atoms with Gasteiger partial charge in [-0.3, -0.25) is 25.0 Å². The van der Waals surface area contributed by atoms with Gasteiger partial charge in [0.15, 0.2) is 12.0 Å². The summed E-state index contributed by atoms with van der Waals surface area (Å²) in [6.07, 6.45) is 6.92. The van der Waals surface area contributed by atoms with E-state index in [0.717, 1.165) is 30.1 Å². The number of carbonyl (C=O) groups excluding carboxylic acids is 4. The third kappa shape index (κ3) is 15.4. The summed E-state index contributed by atoms with van der Waals surface area (Å²) in [5.74, 6) is 0.545. The Bertz CT molecular complexity index is 2070. The van der Waals surface area contributed by atoms with Crippen LogP contribution in [0.15, 0.2) is 83.5 Å². The lowest BCUT2D eigenvalue weighted by atomic mass is 9.98. The van der Waals surface area contributed by atoms with Crippen molar-refractivity contribution in [2.45, 2.75) is 85.6 Å². The van der Waals surface area contributed by atoms with Crippen LogP contribution in [-0.4, -0.2) is 55.4 Å². The van der Waals surface area contributed by atoms with Gasteiger partial charge in [0.05, 0.1) is 51.7 Å². The van der Waals surface area contributed by atoms with Crippen molar-refractivity contribution in [3.8, 4) is 0 Å². The number of nitrogens with zero attached hydrogens (tertiary/aromatic N) is 2. The number of nitro groups is 2. The first-order valence-corrected chi connectivity index (χ1v) is 17.5. The second-order valence-corrected chi connectivity index (χ2v) is 13.5. The zero-order valence-electron chi connectivity index (χ0n) is 34.5. The second kappa shape index (κ2) is 23.4. The van der Waals surface area contributed by atoms with Gasteiger partial charge in [0.25, 0.3) is 0 Å². The maximum absolute atomic E-state index is 11.0. The van der Waals surface area contributed by atoms with Crippen LogP contribution in [0.25, 0.3) is 0 Å². The number of aldehydes is 1. The molecule has 5 aromatic heterocycles. The van der Waals surface area contributed by atoms with E-state index in [2.05, 4.69) is 52.4 Å². The van der Waals surface area contributed by atoms with Gasteiger partial charge in [-0.25, -0.2) is 14.4 Å². The van der Waals surface area contributed by atoms with E-state index < -0.39 is 39.2 Å². The van der Waals surface area contributed by atoms with Gasteiger partial charge >= 0.3 is 23.8 Å². The molecule has 18 heteroatoms. The Morgan fingerprint density at radius 3 is 1.47 bits per heavy atom. The first-order chi connectivity index (χ1) is 27.1. The molecule has 0 bridgehead atoms. The second-order valence-electron chi connectivity index (χ2n) is 13.5. The van der Waals surface area contributed by atoms with Crippen LogP contribution in [0, 0.1) is 27.2 Å². The maximum Gasteiger partial charge on any atom is 0.433 e. The van der Waals surface area contributed by atoms with Crippen LogP contribution in [0.4, 0.5) is 5.88 Å². The van der Waals surface area contributed by atoms with Crippen LogP contribution >= 0.6 is 0 Å². The number of esters is 3. The Hall–Kier alpha value is -6.72. The van der Waals surface area contributed by atoms with Crippen LogP contribution in [-0.2, 0) is 19.7 Å². The summed E-state index contributed by atoms with van der Waals surface area (Å²) in [6, 6.07) is 9.13. The summed E-state index contributed by atoms with van der Waals surface area (Å²) < 4.78 is 37.6. The lowest BCUT2D eigenvalue weighted by Gasteiger charge is -2.12. The molecule has 0 spiro atoms. The summed E-state index contributed by atoms with van der Waals surface area (Å²) in [6.45, 7) is 17.3. The zero-order valence-corrected chi connectivity index (χ0v) is 34.5. The van der Waals surface area contributed by atoms with E-state index in [1.807, 2.05) is 27.0 Å². The third-order valence-corrected chi connectivity index (χ3v) is 7.82. The summed E-state index contributed by atoms with van der Waals surface area (Å²) in [7, 11) is 3.71. The van der Waals surface area contributed by atoms with Crippen molar-refractivity contribution in [2.75, 3.05) is 21.3 Å². The Morgan fingerprint density at radius 2 is 1.10 bits per heavy atom. The summed E-state index contributed by atoms with van der Waals surface area (Å²) >= 11 is 0. The van der Waals surface area contributed by atoms with E-state index in [9.17, 15) is 39.4 Å². The minimum atomic E-state index is -1.28. The molecule has 0 N–H and O–H groups in total. The van der Waals surface area contributed by atoms with Crippen LogP contribution in [0.1, 0.15) is 143 Å². The Morgan fingerprint density at radius 1 is 0.655 bits per heavy atom. The topological polar surface area (TPSA) is 248 Å². The fourth-order valence-corrected chi connectivity index (χ4v) is 3.97. The number of hydrogen-bond acceptors (Lipinski definition) is 16. The third-order valence-electron chi connectivity index (χ3n) is 7.82. The fraction of sp³-hybridized carbons (Fsp3) is 0.400. The van der Waals surface area contributed by atoms with Crippen LogP contribution < -0.4 is 0 Å². The maximum atomic E-state index is 11.0. The lowest BCUT2D eigenvalue weighted by molar-refractivity contribution is -0.569. The van der Waals surface area contributed by atoms with Crippen molar-refractivity contribution >= 4 is 30.1 Å². The number of methoxy groups -OCH3 is 3. The van der Waals surface area contributed by atoms with E-state index in [1.165, 1.54) is 52.0 Å². The molecule has 0 atom stereocenters. The molecule has 0 fully saturated rings. The van der Waals surface area contributed by atoms with Crippen LogP contribution in [0.3, 0.4) is 0 Å². The van der Waals surface area contributed by atoms with Crippen LogP contribution in [0.5, 0.6) is 0 Å². The van der Waals surface area contributed by atoms with Crippen molar-refractivity contribution < 1.29 is 65.3 Å². The molecular formula is C40H50N2O16. The molecule has 0 saturated carbocycles. The minimum absolute atomic E-state index is 0.0394. The van der Waals surface area contributed by atoms with Crippen molar-refractivity contribution in [3.63, 3.8) is 0 Å². The Labute approximate surface area is 334 Å². The van der Waals surface area contributed by atoms with Gasteiger partial charge in [-0.15, -0.1) is 0 Å². The monoisotopic (exact) mass is 814 g/mol. The highest BCUT2D eigenvalue weighted by molar-refractivity contribution is 5.87. The van der Waals surface area contributed by atoms with Gasteiger partial charge in [-0.1, -0.05) is 41.5 Å². The highest BCUT2D eigenvalue weighted by Gasteiger charge is 2.35. The molecule has 0 aliphatic carbocycles. The fourth-order valence-electron chi connectivity index (χ4n) is 3.97. The lowest BCUT2D eigenvalue weighted by Crippen LogP contribution is -2.27. The predicted molar refractivity (Wildman–Crippen MR) is 207 cm³/mol. The molecule has 5 heterocycles. The number of aryl methyl sites for hydroxylation is 1. The molecule has 58 heavy (non-hydrogen) atoms. The largest absolute Gasteiger partial charge is 0.469 e. The van der Waals surface area contributed by atoms with Gasteiger partial charge in [0.1, 0.15) is 16.9 Å². The van der Waals surface area contributed by atoms with Gasteiger partial charge < -0.3 is 36.3 Å². The Balaban J connectivity index is 0.000000366. The van der Waals surface area contributed by atoms with Gasteiger partial charge in [0.2, 0.25) is 22.8 Å². The number of hydrogen-bond donors (Lipinski definition) is 0. The van der Waals surface area contributed by atoms with Gasteiger partial charge in [-0.05, 0) is 65.6 Å². The molecule has 0 aromatic carbocycles. The predicted octanol–water partition coefficient (Wildman–Crippen LogP) is 9.67. The number of furan rings is 5. The highest BCUT2D eigenvalue weighted by atomic mass is 16.7. The van der Waals surface area contributed by atoms with Crippen molar-refractivity contribution in [2.24, 2.45) is 0 Å². The van der Waals surface area contributed by atoms with E-state index in [1.54, 1.807) is 24.7 Å². The number of ether oxygens (including phenoxy) is 3. The molecule has 18 nitrogen and oxygen atoms in total. The average molecular weight is 815 g/mol. The smallest absolute Gasteiger partial charge is 0.433 e. The molecule has 0 radical (unpaired) electrons. The first kappa shape index (κ1) is 49.3. The van der Waals surface area contributed by atoms with Crippen molar-refractivity contribution in [3.05, 3.63) is 133 Å². The quantitative estimate of drug-likeness (QED) is 0.0418. The van der Waals surface area contributed by atoms with E-state index >= 15 is 0 Å². The van der Waals surface area contributed by atoms with E-state index in [-0.39, 0.29) is 17.3 Å². The highest BCUT2D eigenvalue weighted by Crippen LogP contribution is 2.26.